The zero-order valence-electron chi connectivity index (χ0n) is 18.5. The molecule has 2 heteroatoms. The van der Waals surface area contributed by atoms with Gasteiger partial charge in [0.05, 0.1) is 11.4 Å². The molecule has 2 nitrogen and oxygen atoms in total. The van der Waals surface area contributed by atoms with Crippen LogP contribution in [-0.2, 0) is 22.0 Å². The van der Waals surface area contributed by atoms with Crippen molar-refractivity contribution in [2.75, 3.05) is 4.90 Å². The summed E-state index contributed by atoms with van der Waals surface area (Å²) in [6.07, 6.45) is 1.36. The van der Waals surface area contributed by atoms with Crippen molar-refractivity contribution in [2.24, 2.45) is 0 Å². The Morgan fingerprint density at radius 1 is 0.793 bits per heavy atom. The molecule has 0 N–H and O–H groups in total. The van der Waals surface area contributed by atoms with E-state index < -0.39 is 0 Å². The quantitative estimate of drug-likeness (QED) is 0.440. The van der Waals surface area contributed by atoms with Gasteiger partial charge in [-0.05, 0) is 45.4 Å². The van der Waals surface area contributed by atoms with E-state index in [0.717, 1.165) is 23.2 Å². The van der Waals surface area contributed by atoms with Crippen molar-refractivity contribution in [2.45, 2.75) is 65.2 Å². The van der Waals surface area contributed by atoms with Gasteiger partial charge in [0.2, 0.25) is 5.91 Å². The highest BCUT2D eigenvalue weighted by atomic mass is 16.2. The standard InChI is InChI=1S/C27H31NO/c1-26(2,3)20-14-15-22(27(4,5)6)23(17-20)28-24(29)16-13-19-12-11-18-9-7-8-10-21(18)25(19)28/h7-12,14-15,17H,13,16H2,1-6H3. The number of hydrogen-bond acceptors (Lipinski definition) is 1. The van der Waals surface area contributed by atoms with Gasteiger partial charge in [-0.25, -0.2) is 0 Å². The van der Waals surface area contributed by atoms with Crippen molar-refractivity contribution in [3.63, 3.8) is 0 Å². The molecule has 4 rings (SSSR count). The molecule has 3 aromatic rings. The van der Waals surface area contributed by atoms with E-state index in [1.54, 1.807) is 0 Å². The molecule has 0 saturated carbocycles. The smallest absolute Gasteiger partial charge is 0.231 e. The molecular formula is C27H31NO. The zero-order valence-corrected chi connectivity index (χ0v) is 18.5. The molecule has 3 aromatic carbocycles. The summed E-state index contributed by atoms with van der Waals surface area (Å²) in [5, 5.41) is 2.33. The van der Waals surface area contributed by atoms with E-state index in [1.807, 2.05) is 4.90 Å². The number of hydrogen-bond donors (Lipinski definition) is 0. The number of carbonyl (C=O) groups is 1. The second-order valence-corrected chi connectivity index (χ2v) is 10.3. The van der Waals surface area contributed by atoms with Crippen LogP contribution in [0.3, 0.4) is 0 Å². The number of aryl methyl sites for hydroxylation is 1. The molecule has 1 heterocycles. The molecule has 0 spiro atoms. The number of benzene rings is 3. The fourth-order valence-electron chi connectivity index (χ4n) is 4.32. The van der Waals surface area contributed by atoms with E-state index in [1.165, 1.54) is 22.1 Å². The van der Waals surface area contributed by atoms with Crippen molar-refractivity contribution in [1.82, 2.24) is 0 Å². The van der Waals surface area contributed by atoms with Gasteiger partial charge >= 0.3 is 0 Å². The first-order chi connectivity index (χ1) is 13.6. The summed E-state index contributed by atoms with van der Waals surface area (Å²) in [5.41, 5.74) is 5.77. The van der Waals surface area contributed by atoms with Gasteiger partial charge in [-0.1, -0.05) is 90.1 Å². The van der Waals surface area contributed by atoms with E-state index in [9.17, 15) is 4.79 Å². The number of anilines is 2. The molecule has 0 unspecified atom stereocenters. The monoisotopic (exact) mass is 385 g/mol. The van der Waals surface area contributed by atoms with Crippen molar-refractivity contribution in [3.05, 3.63) is 71.3 Å². The molecule has 0 fully saturated rings. The summed E-state index contributed by atoms with van der Waals surface area (Å²) in [6, 6.07) is 19.5. The Kier molecular flexibility index (Phi) is 4.57. The number of rotatable bonds is 1. The number of carbonyl (C=O) groups excluding carboxylic acids is 1. The first-order valence-corrected chi connectivity index (χ1v) is 10.6. The van der Waals surface area contributed by atoms with Crippen molar-refractivity contribution < 1.29 is 4.79 Å². The van der Waals surface area contributed by atoms with Gasteiger partial charge in [-0.15, -0.1) is 0 Å². The minimum absolute atomic E-state index is 0.0194. The van der Waals surface area contributed by atoms with Crippen LogP contribution in [-0.4, -0.2) is 5.91 Å². The van der Waals surface area contributed by atoms with Crippen LogP contribution in [0.15, 0.2) is 54.6 Å². The number of fused-ring (bicyclic) bond motifs is 3. The Balaban J connectivity index is 2.05. The molecular weight excluding hydrogens is 354 g/mol. The third-order valence-corrected chi connectivity index (χ3v) is 5.98. The molecule has 150 valence electrons. The average molecular weight is 386 g/mol. The average Bonchev–Trinajstić information content (AvgIpc) is 2.66. The second-order valence-electron chi connectivity index (χ2n) is 10.3. The van der Waals surface area contributed by atoms with Crippen molar-refractivity contribution >= 4 is 28.1 Å². The predicted octanol–water partition coefficient (Wildman–Crippen LogP) is 7.05. The van der Waals surface area contributed by atoms with Crippen LogP contribution in [0.2, 0.25) is 0 Å². The van der Waals surface area contributed by atoms with Crippen LogP contribution in [0, 0.1) is 0 Å². The summed E-state index contributed by atoms with van der Waals surface area (Å²) >= 11 is 0. The van der Waals surface area contributed by atoms with Crippen molar-refractivity contribution in [3.8, 4) is 0 Å². The lowest BCUT2D eigenvalue weighted by atomic mass is 9.80. The van der Waals surface area contributed by atoms with Crippen LogP contribution in [0.1, 0.15) is 64.7 Å². The number of nitrogens with zero attached hydrogens (tertiary/aromatic N) is 1. The van der Waals surface area contributed by atoms with Gasteiger partial charge < -0.3 is 0 Å². The summed E-state index contributed by atoms with van der Waals surface area (Å²) < 4.78 is 0. The molecule has 1 aliphatic heterocycles. The fourth-order valence-corrected chi connectivity index (χ4v) is 4.32. The predicted molar refractivity (Wildman–Crippen MR) is 123 cm³/mol. The lowest BCUT2D eigenvalue weighted by Gasteiger charge is -2.36. The van der Waals surface area contributed by atoms with Crippen LogP contribution >= 0.6 is 0 Å². The minimum Gasteiger partial charge on any atom is -0.280 e. The maximum Gasteiger partial charge on any atom is 0.231 e. The van der Waals surface area contributed by atoms with Gasteiger partial charge in [0.15, 0.2) is 0 Å². The van der Waals surface area contributed by atoms with Crippen LogP contribution in [0.5, 0.6) is 0 Å². The highest BCUT2D eigenvalue weighted by molar-refractivity contribution is 6.11. The van der Waals surface area contributed by atoms with E-state index in [0.29, 0.717) is 6.42 Å². The minimum atomic E-state index is -0.0613. The van der Waals surface area contributed by atoms with Crippen LogP contribution < -0.4 is 4.90 Å². The molecule has 29 heavy (non-hydrogen) atoms. The third-order valence-electron chi connectivity index (χ3n) is 5.98. The Morgan fingerprint density at radius 2 is 1.52 bits per heavy atom. The summed E-state index contributed by atoms with van der Waals surface area (Å²) in [5.74, 6) is 0.186. The topological polar surface area (TPSA) is 20.3 Å². The second kappa shape index (κ2) is 6.73. The molecule has 1 amide bonds. The maximum atomic E-state index is 13.4. The molecule has 0 bridgehead atoms. The first-order valence-electron chi connectivity index (χ1n) is 10.6. The molecule has 0 aromatic heterocycles. The Morgan fingerprint density at radius 3 is 2.21 bits per heavy atom. The van der Waals surface area contributed by atoms with Gasteiger partial charge in [0.1, 0.15) is 0 Å². The highest BCUT2D eigenvalue weighted by Gasteiger charge is 2.32. The van der Waals surface area contributed by atoms with Gasteiger partial charge in [-0.2, -0.15) is 0 Å². The normalized spacial score (nSPS) is 15.0. The molecule has 0 atom stereocenters. The first kappa shape index (κ1) is 19.7. The van der Waals surface area contributed by atoms with E-state index >= 15 is 0 Å². The summed E-state index contributed by atoms with van der Waals surface area (Å²) in [6.45, 7) is 13.3. The van der Waals surface area contributed by atoms with Gasteiger partial charge in [0, 0.05) is 11.8 Å². The van der Waals surface area contributed by atoms with E-state index in [4.69, 9.17) is 0 Å². The molecule has 0 radical (unpaired) electrons. The van der Waals surface area contributed by atoms with Gasteiger partial charge in [-0.3, -0.25) is 9.69 Å². The van der Waals surface area contributed by atoms with Crippen molar-refractivity contribution in [1.29, 1.82) is 0 Å². The Labute approximate surface area is 174 Å². The Hall–Kier alpha value is -2.61. The van der Waals surface area contributed by atoms with Crippen LogP contribution in [0.25, 0.3) is 10.8 Å². The lowest BCUT2D eigenvalue weighted by Crippen LogP contribution is -2.33. The highest BCUT2D eigenvalue weighted by Crippen LogP contribution is 2.44. The van der Waals surface area contributed by atoms with Gasteiger partial charge in [0.25, 0.3) is 0 Å². The zero-order chi connectivity index (χ0) is 21.0. The summed E-state index contributed by atoms with van der Waals surface area (Å²) in [4.78, 5) is 15.4. The molecule has 1 aliphatic rings. The largest absolute Gasteiger partial charge is 0.280 e. The maximum absolute atomic E-state index is 13.4. The fraction of sp³-hybridized carbons (Fsp3) is 0.370. The third kappa shape index (κ3) is 3.46. The van der Waals surface area contributed by atoms with Crippen LogP contribution in [0.4, 0.5) is 11.4 Å². The van der Waals surface area contributed by atoms with E-state index in [-0.39, 0.29) is 16.7 Å². The SMILES string of the molecule is CC(C)(C)c1ccc(C(C)(C)C)c(N2C(=O)CCc3ccc4ccccc4c32)c1. The summed E-state index contributed by atoms with van der Waals surface area (Å²) in [7, 11) is 0. The van der Waals surface area contributed by atoms with E-state index in [2.05, 4.69) is 96.1 Å². The number of amides is 1. The molecule has 0 saturated heterocycles. The lowest BCUT2D eigenvalue weighted by molar-refractivity contribution is -0.118. The Bertz CT molecular complexity index is 1100. The molecule has 0 aliphatic carbocycles.